The second-order valence-corrected chi connectivity index (χ2v) is 3.35. The molecule has 0 saturated carbocycles. The number of allylic oxidation sites excluding steroid dienone is 1. The first-order valence-electron chi connectivity index (χ1n) is 5.16. The van der Waals surface area contributed by atoms with Crippen LogP contribution in [0.25, 0.3) is 0 Å². The van der Waals surface area contributed by atoms with Crippen molar-refractivity contribution in [1.29, 1.82) is 0 Å². The quantitative estimate of drug-likeness (QED) is 0.717. The van der Waals surface area contributed by atoms with Gasteiger partial charge in [-0.3, -0.25) is 0 Å². The number of rotatable bonds is 6. The fourth-order valence-corrected chi connectivity index (χ4v) is 1.20. The molecular formula is C13H18N2O. The summed E-state index contributed by atoms with van der Waals surface area (Å²) in [5.74, 6) is 0.873. The molecule has 0 fully saturated rings. The molecule has 0 amide bonds. The maximum atomic E-state index is 5.09. The molecule has 0 aliphatic rings. The van der Waals surface area contributed by atoms with Crippen LogP contribution in [-0.4, -0.2) is 14.2 Å². The summed E-state index contributed by atoms with van der Waals surface area (Å²) in [6.45, 7) is 4.64. The molecule has 0 aromatic heterocycles. The maximum absolute atomic E-state index is 5.09. The number of nitrogens with one attached hydrogen (secondary N) is 2. The lowest BCUT2D eigenvalue weighted by Crippen LogP contribution is -2.10. The Morgan fingerprint density at radius 1 is 1.38 bits per heavy atom. The second-order valence-electron chi connectivity index (χ2n) is 3.35. The molecule has 0 saturated heterocycles. The van der Waals surface area contributed by atoms with Crippen molar-refractivity contribution in [1.82, 2.24) is 10.6 Å². The van der Waals surface area contributed by atoms with Crippen LogP contribution in [0.4, 0.5) is 0 Å². The average Bonchev–Trinajstić information content (AvgIpc) is 2.34. The van der Waals surface area contributed by atoms with Crippen molar-refractivity contribution < 1.29 is 4.74 Å². The van der Waals surface area contributed by atoms with Gasteiger partial charge in [-0.2, -0.15) is 0 Å². The molecule has 0 heterocycles. The third kappa shape index (κ3) is 4.09. The standard InChI is InChI=1S/C13H18N2O/c1-11(8-9-14-2)15-10-12-4-6-13(16-3)7-5-12/h4-9,14-15H,1,10H2,2-3H3/b9-8-. The van der Waals surface area contributed by atoms with E-state index in [1.807, 2.05) is 43.6 Å². The van der Waals surface area contributed by atoms with Crippen molar-refractivity contribution in [2.45, 2.75) is 6.54 Å². The summed E-state index contributed by atoms with van der Waals surface area (Å²) in [4.78, 5) is 0. The molecule has 3 heteroatoms. The Kier molecular flexibility index (Phi) is 4.99. The Balaban J connectivity index is 2.42. The predicted molar refractivity (Wildman–Crippen MR) is 67.2 cm³/mol. The van der Waals surface area contributed by atoms with Crippen LogP contribution in [0, 0.1) is 0 Å². The fraction of sp³-hybridized carbons (Fsp3) is 0.231. The van der Waals surface area contributed by atoms with Gasteiger partial charge in [0.2, 0.25) is 0 Å². The molecule has 0 bridgehead atoms. The molecule has 3 nitrogen and oxygen atoms in total. The van der Waals surface area contributed by atoms with Crippen LogP contribution < -0.4 is 15.4 Å². The summed E-state index contributed by atoms with van der Waals surface area (Å²) in [6.07, 6.45) is 3.73. The van der Waals surface area contributed by atoms with Gasteiger partial charge in [0.25, 0.3) is 0 Å². The lowest BCUT2D eigenvalue weighted by Gasteiger charge is -2.06. The smallest absolute Gasteiger partial charge is 0.118 e. The van der Waals surface area contributed by atoms with Crippen LogP contribution in [0.15, 0.2) is 48.8 Å². The van der Waals surface area contributed by atoms with Gasteiger partial charge in [-0.15, -0.1) is 0 Å². The van der Waals surface area contributed by atoms with Crippen LogP contribution in [0.1, 0.15) is 5.56 Å². The first-order chi connectivity index (χ1) is 7.76. The summed E-state index contributed by atoms with van der Waals surface area (Å²) in [6, 6.07) is 7.95. The topological polar surface area (TPSA) is 33.3 Å². The molecule has 1 aromatic rings. The van der Waals surface area contributed by atoms with E-state index in [9.17, 15) is 0 Å². The average molecular weight is 218 g/mol. The molecule has 16 heavy (non-hydrogen) atoms. The van der Waals surface area contributed by atoms with E-state index in [0.29, 0.717) is 0 Å². The van der Waals surface area contributed by atoms with Crippen molar-refractivity contribution in [2.24, 2.45) is 0 Å². The van der Waals surface area contributed by atoms with E-state index in [4.69, 9.17) is 4.74 Å². The van der Waals surface area contributed by atoms with Gasteiger partial charge in [-0.1, -0.05) is 18.7 Å². The molecule has 0 radical (unpaired) electrons. The monoisotopic (exact) mass is 218 g/mol. The molecule has 0 aliphatic carbocycles. The molecule has 0 aliphatic heterocycles. The van der Waals surface area contributed by atoms with E-state index in [0.717, 1.165) is 18.0 Å². The van der Waals surface area contributed by atoms with Crippen LogP contribution in [0.3, 0.4) is 0 Å². The van der Waals surface area contributed by atoms with Gasteiger partial charge in [0.1, 0.15) is 5.75 Å². The first-order valence-corrected chi connectivity index (χ1v) is 5.16. The lowest BCUT2D eigenvalue weighted by atomic mass is 10.2. The molecular weight excluding hydrogens is 200 g/mol. The summed E-state index contributed by atoms with van der Waals surface area (Å²) in [5, 5.41) is 6.12. The minimum atomic E-state index is 0.761. The van der Waals surface area contributed by atoms with Crippen molar-refractivity contribution in [2.75, 3.05) is 14.2 Å². The van der Waals surface area contributed by atoms with Crippen LogP contribution in [0.5, 0.6) is 5.75 Å². The van der Waals surface area contributed by atoms with E-state index in [-0.39, 0.29) is 0 Å². The van der Waals surface area contributed by atoms with E-state index >= 15 is 0 Å². The molecule has 0 unspecified atom stereocenters. The molecule has 86 valence electrons. The Labute approximate surface area is 96.8 Å². The molecule has 0 spiro atoms. The van der Waals surface area contributed by atoms with Crippen LogP contribution in [0.2, 0.25) is 0 Å². The highest BCUT2D eigenvalue weighted by atomic mass is 16.5. The fourth-order valence-electron chi connectivity index (χ4n) is 1.20. The SMILES string of the molecule is C=C(/C=C\NC)NCc1ccc(OC)cc1. The number of hydrogen-bond acceptors (Lipinski definition) is 3. The van der Waals surface area contributed by atoms with E-state index < -0.39 is 0 Å². The van der Waals surface area contributed by atoms with Gasteiger partial charge in [0.05, 0.1) is 7.11 Å². The zero-order valence-corrected chi connectivity index (χ0v) is 9.79. The van der Waals surface area contributed by atoms with Crippen molar-refractivity contribution >= 4 is 0 Å². The summed E-state index contributed by atoms with van der Waals surface area (Å²) >= 11 is 0. The summed E-state index contributed by atoms with van der Waals surface area (Å²) in [7, 11) is 3.52. The second kappa shape index (κ2) is 6.56. The van der Waals surface area contributed by atoms with Crippen molar-refractivity contribution in [3.63, 3.8) is 0 Å². The Morgan fingerprint density at radius 2 is 2.06 bits per heavy atom. The highest BCUT2D eigenvalue weighted by Crippen LogP contribution is 2.11. The first kappa shape index (κ1) is 12.2. The van der Waals surface area contributed by atoms with Crippen molar-refractivity contribution in [3.05, 3.63) is 54.4 Å². The van der Waals surface area contributed by atoms with Gasteiger partial charge in [-0.25, -0.2) is 0 Å². The van der Waals surface area contributed by atoms with Crippen molar-refractivity contribution in [3.8, 4) is 5.75 Å². The number of benzene rings is 1. The number of hydrogen-bond donors (Lipinski definition) is 2. The zero-order valence-electron chi connectivity index (χ0n) is 9.79. The third-order valence-corrected chi connectivity index (χ3v) is 2.13. The molecule has 0 atom stereocenters. The lowest BCUT2D eigenvalue weighted by molar-refractivity contribution is 0.414. The normalized spacial score (nSPS) is 10.1. The van der Waals surface area contributed by atoms with Gasteiger partial charge in [0, 0.05) is 19.3 Å². The highest BCUT2D eigenvalue weighted by molar-refractivity contribution is 5.27. The number of methoxy groups -OCH3 is 1. The Hall–Kier alpha value is -1.90. The maximum Gasteiger partial charge on any atom is 0.118 e. The third-order valence-electron chi connectivity index (χ3n) is 2.13. The minimum absolute atomic E-state index is 0.761. The summed E-state index contributed by atoms with van der Waals surface area (Å²) in [5.41, 5.74) is 2.07. The van der Waals surface area contributed by atoms with E-state index in [1.54, 1.807) is 7.11 Å². The molecule has 1 rings (SSSR count). The predicted octanol–water partition coefficient (Wildman–Crippen LogP) is 2.03. The summed E-state index contributed by atoms with van der Waals surface area (Å²) < 4.78 is 5.09. The highest BCUT2D eigenvalue weighted by Gasteiger charge is 1.94. The van der Waals surface area contributed by atoms with Crippen LogP contribution >= 0.6 is 0 Å². The van der Waals surface area contributed by atoms with E-state index in [1.165, 1.54) is 5.56 Å². The van der Waals surface area contributed by atoms with Gasteiger partial charge in [0.15, 0.2) is 0 Å². The van der Waals surface area contributed by atoms with E-state index in [2.05, 4.69) is 17.2 Å². The Morgan fingerprint density at radius 3 is 2.62 bits per heavy atom. The molecule has 1 aromatic carbocycles. The minimum Gasteiger partial charge on any atom is -0.497 e. The largest absolute Gasteiger partial charge is 0.497 e. The van der Waals surface area contributed by atoms with Gasteiger partial charge < -0.3 is 15.4 Å². The zero-order chi connectivity index (χ0) is 11.8. The Bertz CT molecular complexity index is 355. The van der Waals surface area contributed by atoms with Gasteiger partial charge in [-0.05, 0) is 30.0 Å². The molecule has 2 N–H and O–H groups in total. The van der Waals surface area contributed by atoms with Gasteiger partial charge >= 0.3 is 0 Å². The van der Waals surface area contributed by atoms with Crippen LogP contribution in [-0.2, 0) is 6.54 Å². The number of ether oxygens (including phenoxy) is 1.